The first-order chi connectivity index (χ1) is 12.8. The molecule has 0 radical (unpaired) electrons. The molecule has 26 heavy (non-hydrogen) atoms. The maximum atomic E-state index is 12.0. The summed E-state index contributed by atoms with van der Waals surface area (Å²) in [7, 11) is 0. The smallest absolute Gasteiger partial charge is 0.319 e. The fourth-order valence-corrected chi connectivity index (χ4v) is 3.53. The van der Waals surface area contributed by atoms with E-state index >= 15 is 0 Å². The number of benzene rings is 1. The Hall–Kier alpha value is -2.58. The Labute approximate surface area is 155 Å². The van der Waals surface area contributed by atoms with E-state index < -0.39 is 0 Å². The maximum absolute atomic E-state index is 12.0. The molecule has 1 fully saturated rings. The van der Waals surface area contributed by atoms with Gasteiger partial charge in [-0.3, -0.25) is 4.40 Å². The van der Waals surface area contributed by atoms with Gasteiger partial charge in [0.1, 0.15) is 12.4 Å². The van der Waals surface area contributed by atoms with E-state index in [1.54, 1.807) is 11.3 Å². The Morgan fingerprint density at radius 2 is 2.27 bits per heavy atom. The number of carbonyl (C=O) groups is 1. The number of fused-ring (bicyclic) bond motifs is 1. The van der Waals surface area contributed by atoms with Crippen molar-refractivity contribution in [2.45, 2.75) is 25.5 Å². The minimum absolute atomic E-state index is 0.191. The summed E-state index contributed by atoms with van der Waals surface area (Å²) in [5.74, 6) is 0.768. The molecule has 3 aromatic rings. The number of carbonyl (C=O) groups excluding carboxylic acids is 1. The van der Waals surface area contributed by atoms with E-state index in [0.29, 0.717) is 18.8 Å². The van der Waals surface area contributed by atoms with Gasteiger partial charge in [-0.25, -0.2) is 9.78 Å². The number of amides is 2. The Morgan fingerprint density at radius 3 is 3.04 bits per heavy atom. The van der Waals surface area contributed by atoms with Crippen LogP contribution in [-0.4, -0.2) is 34.7 Å². The summed E-state index contributed by atoms with van der Waals surface area (Å²) in [6, 6.07) is 7.05. The number of anilines is 1. The van der Waals surface area contributed by atoms with Crippen LogP contribution in [0.2, 0.25) is 0 Å². The lowest BCUT2D eigenvalue weighted by atomic mass is 10.2. The standard InChI is InChI=1S/C18H20N4O3S/c23-17(19-10-14-11-22-7-9-26-18(22)21-14)20-13-3-5-15(6-4-13)25-12-16-2-1-8-24-16/h3-7,9,11,16H,1-2,8,10,12H2,(H2,19,20,23)/t16-/m0/s1. The van der Waals surface area contributed by atoms with E-state index in [1.165, 1.54) is 0 Å². The Morgan fingerprint density at radius 1 is 1.38 bits per heavy atom. The van der Waals surface area contributed by atoms with Crippen molar-refractivity contribution < 1.29 is 14.3 Å². The normalized spacial score (nSPS) is 16.7. The van der Waals surface area contributed by atoms with Gasteiger partial charge in [0.15, 0.2) is 4.96 Å². The van der Waals surface area contributed by atoms with Gasteiger partial charge >= 0.3 is 6.03 Å². The van der Waals surface area contributed by atoms with Crippen molar-refractivity contribution >= 4 is 28.0 Å². The molecule has 1 aliphatic heterocycles. The molecule has 3 heterocycles. The lowest BCUT2D eigenvalue weighted by Crippen LogP contribution is -2.28. The number of ether oxygens (including phenoxy) is 2. The molecular weight excluding hydrogens is 352 g/mol. The summed E-state index contributed by atoms with van der Waals surface area (Å²) < 4.78 is 13.2. The second-order valence-corrected chi connectivity index (χ2v) is 6.98. The molecule has 0 aliphatic carbocycles. The zero-order chi connectivity index (χ0) is 17.8. The zero-order valence-corrected chi connectivity index (χ0v) is 15.0. The predicted molar refractivity (Wildman–Crippen MR) is 99.8 cm³/mol. The van der Waals surface area contributed by atoms with E-state index in [4.69, 9.17) is 9.47 Å². The molecule has 1 saturated heterocycles. The fourth-order valence-electron chi connectivity index (χ4n) is 2.81. The number of hydrogen-bond acceptors (Lipinski definition) is 5. The lowest BCUT2D eigenvalue weighted by molar-refractivity contribution is 0.0679. The van der Waals surface area contributed by atoms with Crippen molar-refractivity contribution in [3.05, 3.63) is 47.7 Å². The summed E-state index contributed by atoms with van der Waals surface area (Å²) in [4.78, 5) is 17.4. The molecule has 1 aliphatic rings. The lowest BCUT2D eigenvalue weighted by Gasteiger charge is -2.12. The minimum atomic E-state index is -0.269. The number of nitrogens with zero attached hydrogens (tertiary/aromatic N) is 2. The first-order valence-corrected chi connectivity index (χ1v) is 9.44. The number of urea groups is 1. The van der Waals surface area contributed by atoms with Crippen LogP contribution in [0.4, 0.5) is 10.5 Å². The number of imidazole rings is 1. The maximum Gasteiger partial charge on any atom is 0.319 e. The summed E-state index contributed by atoms with van der Waals surface area (Å²) in [6.07, 6.45) is 6.19. The van der Waals surface area contributed by atoms with Crippen molar-refractivity contribution in [2.75, 3.05) is 18.5 Å². The second-order valence-electron chi connectivity index (χ2n) is 6.10. The van der Waals surface area contributed by atoms with E-state index in [2.05, 4.69) is 15.6 Å². The minimum Gasteiger partial charge on any atom is -0.491 e. The molecule has 4 rings (SSSR count). The molecule has 0 saturated carbocycles. The number of nitrogens with one attached hydrogen (secondary N) is 2. The molecule has 7 nitrogen and oxygen atoms in total. The highest BCUT2D eigenvalue weighted by Crippen LogP contribution is 2.18. The molecule has 2 amide bonds. The number of hydrogen-bond donors (Lipinski definition) is 2. The largest absolute Gasteiger partial charge is 0.491 e. The molecule has 136 valence electrons. The van der Waals surface area contributed by atoms with Crippen molar-refractivity contribution in [1.82, 2.24) is 14.7 Å². The average Bonchev–Trinajstić information content (AvgIpc) is 3.37. The van der Waals surface area contributed by atoms with Crippen molar-refractivity contribution in [1.29, 1.82) is 0 Å². The van der Waals surface area contributed by atoms with Gasteiger partial charge in [0.05, 0.1) is 18.3 Å². The van der Waals surface area contributed by atoms with Crippen LogP contribution in [0, 0.1) is 0 Å². The second kappa shape index (κ2) is 7.76. The molecule has 1 atom stereocenters. The Kier molecular flexibility index (Phi) is 5.03. The van der Waals surface area contributed by atoms with Crippen molar-refractivity contribution in [3.8, 4) is 5.75 Å². The van der Waals surface area contributed by atoms with E-state index in [1.807, 2.05) is 46.4 Å². The summed E-state index contributed by atoms with van der Waals surface area (Å²) in [5, 5.41) is 7.58. The van der Waals surface area contributed by atoms with Crippen LogP contribution in [0.1, 0.15) is 18.5 Å². The third kappa shape index (κ3) is 4.14. The summed E-state index contributed by atoms with van der Waals surface area (Å²) >= 11 is 1.56. The van der Waals surface area contributed by atoms with Crippen molar-refractivity contribution in [3.63, 3.8) is 0 Å². The Bertz CT molecular complexity index is 840. The van der Waals surface area contributed by atoms with E-state index in [9.17, 15) is 4.79 Å². The Balaban J connectivity index is 1.23. The van der Waals surface area contributed by atoms with Gasteiger partial charge in [0.2, 0.25) is 0 Å². The van der Waals surface area contributed by atoms with Gasteiger partial charge in [-0.15, -0.1) is 11.3 Å². The van der Waals surface area contributed by atoms with Gasteiger partial charge in [-0.05, 0) is 37.1 Å². The van der Waals surface area contributed by atoms with Crippen LogP contribution < -0.4 is 15.4 Å². The van der Waals surface area contributed by atoms with Crippen LogP contribution >= 0.6 is 11.3 Å². The number of aromatic nitrogens is 2. The van der Waals surface area contributed by atoms with Gasteiger partial charge in [-0.1, -0.05) is 0 Å². The molecule has 2 aromatic heterocycles. The fraction of sp³-hybridized carbons (Fsp3) is 0.333. The van der Waals surface area contributed by atoms with Gasteiger partial charge in [-0.2, -0.15) is 0 Å². The van der Waals surface area contributed by atoms with Crippen LogP contribution in [0.15, 0.2) is 42.0 Å². The van der Waals surface area contributed by atoms with Crippen LogP contribution in [-0.2, 0) is 11.3 Å². The third-order valence-electron chi connectivity index (χ3n) is 4.15. The highest BCUT2D eigenvalue weighted by Gasteiger charge is 2.15. The quantitative estimate of drug-likeness (QED) is 0.696. The SMILES string of the molecule is O=C(NCc1cn2ccsc2n1)Nc1ccc(OC[C@@H]2CCCO2)cc1. The van der Waals surface area contributed by atoms with E-state index in [0.717, 1.165) is 35.9 Å². The molecular formula is C18H20N4O3S. The van der Waals surface area contributed by atoms with Crippen LogP contribution in [0.25, 0.3) is 4.96 Å². The highest BCUT2D eigenvalue weighted by molar-refractivity contribution is 7.15. The van der Waals surface area contributed by atoms with Crippen LogP contribution in [0.3, 0.4) is 0 Å². The van der Waals surface area contributed by atoms with Crippen molar-refractivity contribution in [2.24, 2.45) is 0 Å². The number of thiazole rings is 1. The highest BCUT2D eigenvalue weighted by atomic mass is 32.1. The van der Waals surface area contributed by atoms with Gasteiger partial charge in [0, 0.05) is 30.1 Å². The molecule has 0 bridgehead atoms. The summed E-state index contributed by atoms with van der Waals surface area (Å²) in [5.41, 5.74) is 1.53. The average molecular weight is 372 g/mol. The topological polar surface area (TPSA) is 76.9 Å². The molecule has 8 heteroatoms. The third-order valence-corrected chi connectivity index (χ3v) is 4.92. The number of rotatable bonds is 6. The van der Waals surface area contributed by atoms with Gasteiger partial charge < -0.3 is 20.1 Å². The first kappa shape index (κ1) is 16.9. The molecule has 0 unspecified atom stereocenters. The first-order valence-electron chi connectivity index (χ1n) is 8.57. The van der Waals surface area contributed by atoms with Crippen LogP contribution in [0.5, 0.6) is 5.75 Å². The predicted octanol–water partition coefficient (Wildman–Crippen LogP) is 3.28. The van der Waals surface area contributed by atoms with Gasteiger partial charge in [0.25, 0.3) is 0 Å². The molecule has 1 aromatic carbocycles. The van der Waals surface area contributed by atoms with E-state index in [-0.39, 0.29) is 12.1 Å². The summed E-state index contributed by atoms with van der Waals surface area (Å²) in [6.45, 7) is 1.77. The molecule has 0 spiro atoms. The monoisotopic (exact) mass is 372 g/mol. The molecule has 2 N–H and O–H groups in total. The zero-order valence-electron chi connectivity index (χ0n) is 14.2.